The average molecular weight is 195 g/mol. The van der Waals surface area contributed by atoms with E-state index in [-0.39, 0.29) is 0 Å². The summed E-state index contributed by atoms with van der Waals surface area (Å²) in [5.41, 5.74) is 7.83. The Bertz CT molecular complexity index is 412. The van der Waals surface area contributed by atoms with Crippen LogP contribution in [0.4, 0.5) is 5.69 Å². The Hall–Kier alpha value is -1.48. The molecule has 0 saturated heterocycles. The largest absolute Gasteiger partial charge is 0.451 e. The highest BCUT2D eigenvalue weighted by Crippen LogP contribution is 2.25. The monoisotopic (exact) mass is 194 g/mol. The van der Waals surface area contributed by atoms with E-state index in [1.807, 2.05) is 6.07 Å². The lowest BCUT2D eigenvalue weighted by atomic mass is 10.1. The van der Waals surface area contributed by atoms with Crippen LogP contribution in [-0.4, -0.2) is 4.98 Å². The van der Waals surface area contributed by atoms with E-state index in [1.165, 1.54) is 6.39 Å². The van der Waals surface area contributed by atoms with Gasteiger partial charge >= 0.3 is 0 Å². The highest BCUT2D eigenvalue weighted by Gasteiger charge is 2.02. The van der Waals surface area contributed by atoms with E-state index < -0.39 is 0 Å². The summed E-state index contributed by atoms with van der Waals surface area (Å²) in [4.78, 5) is 3.99. The second kappa shape index (κ2) is 3.11. The van der Waals surface area contributed by atoms with Gasteiger partial charge in [-0.25, -0.2) is 4.98 Å². The van der Waals surface area contributed by atoms with Gasteiger partial charge in [0.1, 0.15) is 12.0 Å². The maximum Gasteiger partial charge on any atom is 0.181 e. The normalized spacial score (nSPS) is 10.2. The fourth-order valence-electron chi connectivity index (χ4n) is 1.06. The predicted octanol–water partition coefficient (Wildman–Crippen LogP) is 2.58. The number of oxazole rings is 1. The Labute approximate surface area is 80.1 Å². The molecule has 2 rings (SSSR count). The minimum absolute atomic E-state index is 0.544. The third-order valence-electron chi connectivity index (χ3n) is 1.72. The molecule has 0 bridgehead atoms. The first-order valence-corrected chi connectivity index (χ1v) is 4.09. The summed E-state index contributed by atoms with van der Waals surface area (Å²) < 4.78 is 4.85. The van der Waals surface area contributed by atoms with Crippen molar-refractivity contribution in [1.82, 2.24) is 4.98 Å². The summed E-state index contributed by atoms with van der Waals surface area (Å²) >= 11 is 5.77. The summed E-state index contributed by atoms with van der Waals surface area (Å²) in [6.45, 7) is 0. The third kappa shape index (κ3) is 1.51. The van der Waals surface area contributed by atoms with Gasteiger partial charge in [0.15, 0.2) is 6.39 Å². The number of anilines is 1. The van der Waals surface area contributed by atoms with Crippen LogP contribution >= 0.6 is 11.6 Å². The number of nitrogens with two attached hydrogens (primary N) is 1. The zero-order chi connectivity index (χ0) is 9.26. The highest BCUT2D eigenvalue weighted by molar-refractivity contribution is 6.33. The molecule has 0 fully saturated rings. The third-order valence-corrected chi connectivity index (χ3v) is 2.07. The van der Waals surface area contributed by atoms with Gasteiger partial charge in [-0.3, -0.25) is 0 Å². The summed E-state index contributed by atoms with van der Waals surface area (Å²) in [6.07, 6.45) is 2.93. The van der Waals surface area contributed by atoms with Crippen LogP contribution in [0.15, 0.2) is 35.3 Å². The van der Waals surface area contributed by atoms with Crippen molar-refractivity contribution >= 4 is 17.3 Å². The molecule has 0 spiro atoms. The van der Waals surface area contributed by atoms with Gasteiger partial charge in [0, 0.05) is 5.56 Å². The number of halogens is 1. The van der Waals surface area contributed by atoms with Gasteiger partial charge in [0.05, 0.1) is 10.7 Å². The number of nitrogen functional groups attached to an aromatic ring is 1. The predicted molar refractivity (Wildman–Crippen MR) is 51.4 cm³/mol. The minimum Gasteiger partial charge on any atom is -0.451 e. The van der Waals surface area contributed by atoms with E-state index in [0.29, 0.717) is 10.7 Å². The average Bonchev–Trinajstić information content (AvgIpc) is 2.62. The maximum absolute atomic E-state index is 5.77. The molecule has 66 valence electrons. The van der Waals surface area contributed by atoms with Gasteiger partial charge in [-0.15, -0.1) is 0 Å². The lowest BCUT2D eigenvalue weighted by Gasteiger charge is -1.99. The van der Waals surface area contributed by atoms with Crippen molar-refractivity contribution in [3.05, 3.63) is 35.9 Å². The Morgan fingerprint density at radius 1 is 1.38 bits per heavy atom. The molecule has 13 heavy (non-hydrogen) atoms. The van der Waals surface area contributed by atoms with Crippen LogP contribution in [0.2, 0.25) is 5.02 Å². The van der Waals surface area contributed by atoms with E-state index in [4.69, 9.17) is 21.8 Å². The van der Waals surface area contributed by atoms with Crippen LogP contribution in [-0.2, 0) is 0 Å². The first kappa shape index (κ1) is 8.13. The van der Waals surface area contributed by atoms with Crippen molar-refractivity contribution in [2.75, 3.05) is 5.73 Å². The number of nitrogens with zero attached hydrogens (tertiary/aromatic N) is 1. The van der Waals surface area contributed by atoms with Crippen molar-refractivity contribution in [1.29, 1.82) is 0 Å². The zero-order valence-electron chi connectivity index (χ0n) is 6.70. The smallest absolute Gasteiger partial charge is 0.181 e. The van der Waals surface area contributed by atoms with E-state index in [1.54, 1.807) is 18.4 Å². The second-order valence-electron chi connectivity index (χ2n) is 2.61. The van der Waals surface area contributed by atoms with Crippen molar-refractivity contribution in [2.45, 2.75) is 0 Å². The molecule has 0 unspecified atom stereocenters. The molecule has 2 aromatic rings. The van der Waals surface area contributed by atoms with Crippen LogP contribution < -0.4 is 5.73 Å². The summed E-state index contributed by atoms with van der Waals surface area (Å²) in [6, 6.07) is 5.34. The number of benzene rings is 1. The SMILES string of the molecule is Nc1cc(-c2cocn2)ccc1Cl. The molecule has 4 heteroatoms. The lowest BCUT2D eigenvalue weighted by Crippen LogP contribution is -1.87. The Morgan fingerprint density at radius 2 is 2.23 bits per heavy atom. The van der Waals surface area contributed by atoms with Crippen molar-refractivity contribution in [2.24, 2.45) is 0 Å². The van der Waals surface area contributed by atoms with Crippen LogP contribution in [0.5, 0.6) is 0 Å². The van der Waals surface area contributed by atoms with Crippen LogP contribution in [0, 0.1) is 0 Å². The first-order chi connectivity index (χ1) is 6.27. The van der Waals surface area contributed by atoms with E-state index in [9.17, 15) is 0 Å². The number of aromatic nitrogens is 1. The molecule has 1 aromatic carbocycles. The van der Waals surface area contributed by atoms with E-state index >= 15 is 0 Å². The minimum atomic E-state index is 0.544. The molecule has 3 nitrogen and oxygen atoms in total. The highest BCUT2D eigenvalue weighted by atomic mass is 35.5. The Balaban J connectivity index is 2.49. The molecule has 1 aromatic heterocycles. The topological polar surface area (TPSA) is 52.0 Å². The number of rotatable bonds is 1. The Morgan fingerprint density at radius 3 is 2.85 bits per heavy atom. The first-order valence-electron chi connectivity index (χ1n) is 3.71. The van der Waals surface area contributed by atoms with Crippen molar-refractivity contribution in [3.8, 4) is 11.3 Å². The molecule has 0 aliphatic rings. The Kier molecular flexibility index (Phi) is 1.94. The number of hydrogen-bond donors (Lipinski definition) is 1. The maximum atomic E-state index is 5.77. The van der Waals surface area contributed by atoms with Gasteiger partial charge in [-0.1, -0.05) is 17.7 Å². The molecule has 0 radical (unpaired) electrons. The van der Waals surface area contributed by atoms with Gasteiger partial charge in [-0.2, -0.15) is 0 Å². The standard InChI is InChI=1S/C9H7ClN2O/c10-7-2-1-6(3-8(7)11)9-4-13-5-12-9/h1-5H,11H2. The number of hydrogen-bond acceptors (Lipinski definition) is 3. The molecule has 0 amide bonds. The van der Waals surface area contributed by atoms with Crippen LogP contribution in [0.3, 0.4) is 0 Å². The molecule has 0 aliphatic heterocycles. The molecule has 0 saturated carbocycles. The fourth-order valence-corrected chi connectivity index (χ4v) is 1.18. The molecule has 0 aliphatic carbocycles. The summed E-state index contributed by atoms with van der Waals surface area (Å²) in [5.74, 6) is 0. The fraction of sp³-hybridized carbons (Fsp3) is 0. The van der Waals surface area contributed by atoms with Gasteiger partial charge in [0.2, 0.25) is 0 Å². The van der Waals surface area contributed by atoms with E-state index in [0.717, 1.165) is 11.3 Å². The van der Waals surface area contributed by atoms with Crippen molar-refractivity contribution < 1.29 is 4.42 Å². The molecule has 0 atom stereocenters. The summed E-state index contributed by atoms with van der Waals surface area (Å²) in [7, 11) is 0. The zero-order valence-corrected chi connectivity index (χ0v) is 7.45. The molecule has 2 N–H and O–H groups in total. The van der Waals surface area contributed by atoms with Gasteiger partial charge in [0.25, 0.3) is 0 Å². The molecular weight excluding hydrogens is 188 g/mol. The van der Waals surface area contributed by atoms with Crippen molar-refractivity contribution in [3.63, 3.8) is 0 Å². The second-order valence-corrected chi connectivity index (χ2v) is 3.02. The van der Waals surface area contributed by atoms with Gasteiger partial charge < -0.3 is 10.2 Å². The molecule has 1 heterocycles. The molecular formula is C9H7ClN2O. The quantitative estimate of drug-likeness (QED) is 0.710. The van der Waals surface area contributed by atoms with Crippen LogP contribution in [0.25, 0.3) is 11.3 Å². The summed E-state index contributed by atoms with van der Waals surface area (Å²) in [5, 5.41) is 0.548. The van der Waals surface area contributed by atoms with E-state index in [2.05, 4.69) is 4.98 Å². The van der Waals surface area contributed by atoms with Gasteiger partial charge in [-0.05, 0) is 12.1 Å². The lowest BCUT2D eigenvalue weighted by molar-refractivity contribution is 0.558. The van der Waals surface area contributed by atoms with Crippen LogP contribution in [0.1, 0.15) is 0 Å².